The molecule has 0 aromatic heterocycles. The molecular formula is C20H21F3N2. The van der Waals surface area contributed by atoms with Gasteiger partial charge in [0.05, 0.1) is 0 Å². The number of halogens is 3. The van der Waals surface area contributed by atoms with E-state index in [1.165, 1.54) is 0 Å². The second-order valence-corrected chi connectivity index (χ2v) is 7.07. The SMILES string of the molecule is Cc1ccc(N2C3CCCN3c3ccc(C)cc3C2C(F)(F)F)cc1. The van der Waals surface area contributed by atoms with Gasteiger partial charge in [0.2, 0.25) is 0 Å². The summed E-state index contributed by atoms with van der Waals surface area (Å²) < 4.78 is 42.5. The molecule has 2 aliphatic heterocycles. The lowest BCUT2D eigenvalue weighted by Crippen LogP contribution is -2.54. The van der Waals surface area contributed by atoms with Crippen molar-refractivity contribution in [2.75, 3.05) is 16.3 Å². The Labute approximate surface area is 145 Å². The molecule has 2 aromatic rings. The van der Waals surface area contributed by atoms with Crippen LogP contribution in [-0.2, 0) is 0 Å². The summed E-state index contributed by atoms with van der Waals surface area (Å²) in [5, 5.41) is 0. The normalized spacial score (nSPS) is 22.8. The summed E-state index contributed by atoms with van der Waals surface area (Å²) in [4.78, 5) is 3.71. The van der Waals surface area contributed by atoms with Gasteiger partial charge in [0.25, 0.3) is 0 Å². The van der Waals surface area contributed by atoms with Gasteiger partial charge in [0.1, 0.15) is 6.17 Å². The van der Waals surface area contributed by atoms with Crippen LogP contribution in [0, 0.1) is 13.8 Å². The highest BCUT2D eigenvalue weighted by atomic mass is 19.4. The first-order valence-electron chi connectivity index (χ1n) is 8.65. The minimum atomic E-state index is -4.33. The van der Waals surface area contributed by atoms with Crippen molar-refractivity contribution in [2.45, 2.75) is 45.1 Å². The number of benzene rings is 2. The first kappa shape index (κ1) is 16.3. The van der Waals surface area contributed by atoms with E-state index in [1.54, 1.807) is 11.0 Å². The van der Waals surface area contributed by atoms with Crippen LogP contribution in [-0.4, -0.2) is 18.9 Å². The lowest BCUT2D eigenvalue weighted by molar-refractivity contribution is -0.152. The fourth-order valence-electron chi connectivity index (χ4n) is 4.17. The Morgan fingerprint density at radius 2 is 1.64 bits per heavy atom. The summed E-state index contributed by atoms with van der Waals surface area (Å²) in [6.07, 6.45) is -2.93. The highest BCUT2D eigenvalue weighted by molar-refractivity contribution is 5.67. The van der Waals surface area contributed by atoms with E-state index in [0.29, 0.717) is 11.3 Å². The van der Waals surface area contributed by atoms with Crippen LogP contribution in [0.4, 0.5) is 24.5 Å². The molecule has 0 bridgehead atoms. The van der Waals surface area contributed by atoms with E-state index in [1.807, 2.05) is 50.2 Å². The Balaban J connectivity index is 1.93. The third-order valence-corrected chi connectivity index (χ3v) is 5.25. The van der Waals surface area contributed by atoms with E-state index >= 15 is 0 Å². The number of hydrogen-bond acceptors (Lipinski definition) is 2. The molecule has 25 heavy (non-hydrogen) atoms. The topological polar surface area (TPSA) is 6.48 Å². The molecular weight excluding hydrogens is 325 g/mol. The number of alkyl halides is 3. The summed E-state index contributed by atoms with van der Waals surface area (Å²) >= 11 is 0. The Kier molecular flexibility index (Phi) is 3.71. The van der Waals surface area contributed by atoms with Crippen LogP contribution < -0.4 is 9.80 Å². The van der Waals surface area contributed by atoms with Gasteiger partial charge < -0.3 is 9.80 Å². The molecule has 0 aliphatic carbocycles. The molecule has 0 spiro atoms. The van der Waals surface area contributed by atoms with Gasteiger partial charge in [-0.3, -0.25) is 0 Å². The van der Waals surface area contributed by atoms with E-state index in [4.69, 9.17) is 0 Å². The zero-order valence-corrected chi connectivity index (χ0v) is 14.3. The van der Waals surface area contributed by atoms with Crippen LogP contribution in [0.25, 0.3) is 0 Å². The fourth-order valence-corrected chi connectivity index (χ4v) is 4.17. The number of hydrogen-bond donors (Lipinski definition) is 0. The first-order chi connectivity index (χ1) is 11.9. The van der Waals surface area contributed by atoms with Crippen molar-refractivity contribution in [1.82, 2.24) is 0 Å². The molecule has 2 nitrogen and oxygen atoms in total. The average molecular weight is 346 g/mol. The Bertz CT molecular complexity index is 783. The van der Waals surface area contributed by atoms with Gasteiger partial charge in [0, 0.05) is 23.5 Å². The van der Waals surface area contributed by atoms with E-state index in [9.17, 15) is 13.2 Å². The first-order valence-corrected chi connectivity index (χ1v) is 8.65. The van der Waals surface area contributed by atoms with Crippen molar-refractivity contribution in [3.05, 3.63) is 59.2 Å². The molecule has 0 radical (unpaired) electrons. The van der Waals surface area contributed by atoms with Crippen molar-refractivity contribution in [3.8, 4) is 0 Å². The summed E-state index contributed by atoms with van der Waals surface area (Å²) in [5.74, 6) is 0. The maximum Gasteiger partial charge on any atom is 0.413 e. The van der Waals surface area contributed by atoms with Gasteiger partial charge in [-0.05, 0) is 44.9 Å². The highest BCUT2D eigenvalue weighted by Crippen LogP contribution is 2.51. The van der Waals surface area contributed by atoms with Gasteiger partial charge >= 0.3 is 6.18 Å². The molecule has 2 aliphatic rings. The number of nitrogens with zero attached hydrogens (tertiary/aromatic N) is 2. The zero-order chi connectivity index (χ0) is 17.8. The third kappa shape index (κ3) is 2.66. The largest absolute Gasteiger partial charge is 0.413 e. The molecule has 0 N–H and O–H groups in total. The van der Waals surface area contributed by atoms with E-state index < -0.39 is 12.2 Å². The highest BCUT2D eigenvalue weighted by Gasteiger charge is 2.53. The van der Waals surface area contributed by atoms with Crippen molar-refractivity contribution >= 4 is 11.4 Å². The quantitative estimate of drug-likeness (QED) is 0.686. The Hall–Kier alpha value is -2.17. The second-order valence-electron chi connectivity index (χ2n) is 7.07. The Morgan fingerprint density at radius 1 is 0.960 bits per heavy atom. The molecule has 1 saturated heterocycles. The van der Waals surface area contributed by atoms with Gasteiger partial charge in [-0.15, -0.1) is 0 Å². The van der Waals surface area contributed by atoms with Gasteiger partial charge in [-0.2, -0.15) is 13.2 Å². The van der Waals surface area contributed by atoms with Crippen LogP contribution >= 0.6 is 0 Å². The van der Waals surface area contributed by atoms with Crippen LogP contribution in [0.15, 0.2) is 42.5 Å². The molecule has 2 atom stereocenters. The van der Waals surface area contributed by atoms with Crippen LogP contribution in [0.2, 0.25) is 0 Å². The summed E-state index contributed by atoms with van der Waals surface area (Å²) in [5.41, 5.74) is 3.64. The smallest absolute Gasteiger partial charge is 0.351 e. The molecule has 2 aromatic carbocycles. The molecule has 4 rings (SSSR count). The molecule has 132 valence electrons. The molecule has 2 unspecified atom stereocenters. The lowest BCUT2D eigenvalue weighted by Gasteiger charge is -2.49. The third-order valence-electron chi connectivity index (χ3n) is 5.25. The standard InChI is InChI=1S/C20H21F3N2/c1-13-5-8-15(9-6-13)25-18-4-3-11-24(18)17-10-7-14(2)12-16(17)19(25)20(21,22)23/h5-10,12,18-19H,3-4,11H2,1-2H3. The second kappa shape index (κ2) is 5.68. The zero-order valence-electron chi connectivity index (χ0n) is 14.3. The summed E-state index contributed by atoms with van der Waals surface area (Å²) in [6, 6.07) is 11.2. The monoisotopic (exact) mass is 346 g/mol. The molecule has 0 amide bonds. The Morgan fingerprint density at radius 3 is 2.32 bits per heavy atom. The summed E-state index contributed by atoms with van der Waals surface area (Å²) in [7, 11) is 0. The lowest BCUT2D eigenvalue weighted by atomic mass is 9.94. The van der Waals surface area contributed by atoms with Crippen molar-refractivity contribution in [2.24, 2.45) is 0 Å². The summed E-state index contributed by atoms with van der Waals surface area (Å²) in [6.45, 7) is 4.59. The van der Waals surface area contributed by atoms with Gasteiger partial charge in [0.15, 0.2) is 6.04 Å². The number of fused-ring (bicyclic) bond motifs is 3. The number of anilines is 2. The van der Waals surface area contributed by atoms with Gasteiger partial charge in [-0.1, -0.05) is 35.4 Å². The van der Waals surface area contributed by atoms with Crippen LogP contribution in [0.3, 0.4) is 0 Å². The molecule has 0 saturated carbocycles. The molecule has 1 fully saturated rings. The predicted octanol–water partition coefficient (Wildman–Crippen LogP) is 5.35. The van der Waals surface area contributed by atoms with Crippen molar-refractivity contribution < 1.29 is 13.2 Å². The number of rotatable bonds is 1. The predicted molar refractivity (Wildman–Crippen MR) is 94.0 cm³/mol. The van der Waals surface area contributed by atoms with E-state index in [2.05, 4.69) is 4.90 Å². The maximum atomic E-state index is 14.2. The average Bonchev–Trinajstić information content (AvgIpc) is 3.02. The van der Waals surface area contributed by atoms with Crippen molar-refractivity contribution in [3.63, 3.8) is 0 Å². The molecule has 2 heterocycles. The van der Waals surface area contributed by atoms with Crippen molar-refractivity contribution in [1.29, 1.82) is 0 Å². The minimum Gasteiger partial charge on any atom is -0.351 e. The van der Waals surface area contributed by atoms with E-state index in [0.717, 1.165) is 36.2 Å². The number of aryl methyl sites for hydroxylation is 2. The maximum absolute atomic E-state index is 14.2. The van der Waals surface area contributed by atoms with Crippen LogP contribution in [0.1, 0.15) is 35.6 Å². The molecule has 5 heteroatoms. The fraction of sp³-hybridized carbons (Fsp3) is 0.400. The van der Waals surface area contributed by atoms with Crippen LogP contribution in [0.5, 0.6) is 0 Å². The minimum absolute atomic E-state index is 0.246. The van der Waals surface area contributed by atoms with E-state index in [-0.39, 0.29) is 6.17 Å². The van der Waals surface area contributed by atoms with Gasteiger partial charge in [-0.25, -0.2) is 0 Å².